The molecule has 1 aromatic carbocycles. The summed E-state index contributed by atoms with van der Waals surface area (Å²) in [5, 5.41) is 0. The van der Waals surface area contributed by atoms with Crippen LogP contribution in [-0.2, 0) is 14.3 Å². The molecule has 2 rings (SSSR count). The number of esters is 2. The van der Waals surface area contributed by atoms with Gasteiger partial charge in [-0.1, -0.05) is 32.8 Å². The third-order valence-corrected chi connectivity index (χ3v) is 4.52. The maximum Gasteiger partial charge on any atom is 0.315 e. The van der Waals surface area contributed by atoms with E-state index in [-0.39, 0.29) is 17.6 Å². The first-order valence-electron chi connectivity index (χ1n) is 9.07. The molecule has 1 fully saturated rings. The number of methoxy groups -OCH3 is 2. The maximum absolute atomic E-state index is 12.8. The minimum atomic E-state index is -0.516. The molecule has 144 valence electrons. The second kappa shape index (κ2) is 9.46. The van der Waals surface area contributed by atoms with E-state index in [0.29, 0.717) is 30.9 Å². The molecule has 1 aromatic rings. The smallest absolute Gasteiger partial charge is 0.315 e. The van der Waals surface area contributed by atoms with Crippen molar-refractivity contribution in [2.24, 2.45) is 17.8 Å². The molecule has 1 saturated carbocycles. The summed E-state index contributed by atoms with van der Waals surface area (Å²) in [6.45, 7) is 4.32. The van der Waals surface area contributed by atoms with Crippen molar-refractivity contribution in [1.82, 2.24) is 0 Å². The highest BCUT2D eigenvalue weighted by atomic mass is 16.6. The molecule has 1 aliphatic rings. The molecule has 0 amide bonds. The van der Waals surface area contributed by atoms with Crippen LogP contribution in [-0.4, -0.2) is 32.8 Å². The Balaban J connectivity index is 2.15. The van der Waals surface area contributed by atoms with Crippen molar-refractivity contribution < 1.29 is 28.5 Å². The summed E-state index contributed by atoms with van der Waals surface area (Å²) in [6.07, 6.45) is 3.04. The summed E-state index contributed by atoms with van der Waals surface area (Å²) < 4.78 is 21.5. The highest BCUT2D eigenvalue weighted by molar-refractivity contribution is 5.84. The molecule has 0 N–H and O–H groups in total. The average molecular weight is 364 g/mol. The van der Waals surface area contributed by atoms with Gasteiger partial charge in [0.2, 0.25) is 5.75 Å². The summed E-state index contributed by atoms with van der Waals surface area (Å²) in [6, 6.07) is 5.14. The van der Waals surface area contributed by atoms with Crippen LogP contribution in [0, 0.1) is 17.8 Å². The van der Waals surface area contributed by atoms with Crippen LogP contribution >= 0.6 is 0 Å². The van der Waals surface area contributed by atoms with Crippen molar-refractivity contribution in [2.75, 3.05) is 20.8 Å². The van der Waals surface area contributed by atoms with Gasteiger partial charge in [-0.25, -0.2) is 0 Å². The lowest BCUT2D eigenvalue weighted by atomic mass is 9.79. The van der Waals surface area contributed by atoms with Gasteiger partial charge in [0.05, 0.1) is 32.7 Å². The Bertz CT molecular complexity index is 602. The predicted octanol–water partition coefficient (Wildman–Crippen LogP) is 3.61. The molecule has 26 heavy (non-hydrogen) atoms. The van der Waals surface area contributed by atoms with E-state index < -0.39 is 17.8 Å². The second-order valence-electron chi connectivity index (χ2n) is 6.93. The van der Waals surface area contributed by atoms with E-state index in [1.807, 2.05) is 13.8 Å². The Morgan fingerprint density at radius 2 is 1.54 bits per heavy atom. The molecule has 2 unspecified atom stereocenters. The Morgan fingerprint density at radius 3 is 2.04 bits per heavy atom. The van der Waals surface area contributed by atoms with E-state index in [2.05, 4.69) is 0 Å². The highest BCUT2D eigenvalue weighted by Gasteiger charge is 2.38. The molecule has 6 heteroatoms. The van der Waals surface area contributed by atoms with Crippen molar-refractivity contribution in [3.63, 3.8) is 0 Å². The van der Waals surface area contributed by atoms with Crippen LogP contribution in [0.5, 0.6) is 17.2 Å². The van der Waals surface area contributed by atoms with E-state index in [4.69, 9.17) is 18.9 Å². The van der Waals surface area contributed by atoms with Crippen LogP contribution in [0.25, 0.3) is 0 Å². The zero-order valence-corrected chi connectivity index (χ0v) is 15.9. The number of para-hydroxylation sites is 1. The Hall–Kier alpha value is -2.24. The van der Waals surface area contributed by atoms with E-state index in [9.17, 15) is 9.59 Å². The number of benzene rings is 1. The highest BCUT2D eigenvalue weighted by Crippen LogP contribution is 2.39. The van der Waals surface area contributed by atoms with Gasteiger partial charge in [-0.3, -0.25) is 9.59 Å². The van der Waals surface area contributed by atoms with Crippen molar-refractivity contribution in [1.29, 1.82) is 0 Å². The van der Waals surface area contributed by atoms with Gasteiger partial charge < -0.3 is 18.9 Å². The van der Waals surface area contributed by atoms with Gasteiger partial charge in [0, 0.05) is 0 Å². The quantitative estimate of drug-likeness (QED) is 0.544. The third-order valence-electron chi connectivity index (χ3n) is 4.52. The number of carbonyl (C=O) groups excluding carboxylic acids is 2. The van der Waals surface area contributed by atoms with Crippen molar-refractivity contribution in [3.05, 3.63) is 18.2 Å². The van der Waals surface area contributed by atoms with E-state index in [1.165, 1.54) is 14.2 Å². The fourth-order valence-electron chi connectivity index (χ4n) is 3.14. The molecule has 2 atom stereocenters. The summed E-state index contributed by atoms with van der Waals surface area (Å²) >= 11 is 0. The molecular weight excluding hydrogens is 336 g/mol. The van der Waals surface area contributed by atoms with Crippen LogP contribution in [0.2, 0.25) is 0 Å². The van der Waals surface area contributed by atoms with Crippen LogP contribution < -0.4 is 14.2 Å². The van der Waals surface area contributed by atoms with Gasteiger partial charge in [0.25, 0.3) is 0 Å². The number of hydrogen-bond donors (Lipinski definition) is 0. The SMILES string of the molecule is COc1cccc(OC)c1OC(=O)C1CCCCC1C(=O)OCC(C)C. The van der Waals surface area contributed by atoms with Gasteiger partial charge in [0.15, 0.2) is 11.5 Å². The first-order chi connectivity index (χ1) is 12.5. The number of hydrogen-bond acceptors (Lipinski definition) is 6. The standard InChI is InChI=1S/C20H28O6/c1-13(2)12-25-19(21)14-8-5-6-9-15(14)20(22)26-18-16(23-3)10-7-11-17(18)24-4/h7,10-11,13-15H,5-6,8-9,12H2,1-4H3. The molecule has 0 radical (unpaired) electrons. The molecular formula is C20H28O6. The summed E-state index contributed by atoms with van der Waals surface area (Å²) in [4.78, 5) is 25.3. The Kier molecular flexibility index (Phi) is 7.30. The normalized spacial score (nSPS) is 19.7. The number of rotatable bonds is 7. The lowest BCUT2D eigenvalue weighted by Gasteiger charge is -2.28. The fourth-order valence-corrected chi connectivity index (χ4v) is 3.14. The Labute approximate surface area is 154 Å². The summed E-state index contributed by atoms with van der Waals surface area (Å²) in [5.74, 6) is -0.423. The minimum absolute atomic E-state index is 0.238. The van der Waals surface area contributed by atoms with Gasteiger partial charge >= 0.3 is 11.9 Å². The van der Waals surface area contributed by atoms with Crippen LogP contribution in [0.1, 0.15) is 39.5 Å². The Morgan fingerprint density at radius 1 is 1.00 bits per heavy atom. The van der Waals surface area contributed by atoms with E-state index in [1.54, 1.807) is 18.2 Å². The predicted molar refractivity (Wildman–Crippen MR) is 96.4 cm³/mol. The van der Waals surface area contributed by atoms with E-state index in [0.717, 1.165) is 12.8 Å². The third kappa shape index (κ3) is 4.90. The number of carbonyl (C=O) groups is 2. The maximum atomic E-state index is 12.8. The van der Waals surface area contributed by atoms with Crippen LogP contribution in [0.3, 0.4) is 0 Å². The van der Waals surface area contributed by atoms with Crippen molar-refractivity contribution in [3.8, 4) is 17.2 Å². The second-order valence-corrected chi connectivity index (χ2v) is 6.93. The van der Waals surface area contributed by atoms with Gasteiger partial charge in [-0.2, -0.15) is 0 Å². The molecule has 1 aliphatic carbocycles. The number of ether oxygens (including phenoxy) is 4. The lowest BCUT2D eigenvalue weighted by molar-refractivity contribution is -0.159. The molecule has 0 spiro atoms. The first kappa shape index (κ1) is 20.1. The average Bonchev–Trinajstić information content (AvgIpc) is 2.66. The zero-order valence-electron chi connectivity index (χ0n) is 15.9. The summed E-state index contributed by atoms with van der Waals surface area (Å²) in [7, 11) is 3.00. The topological polar surface area (TPSA) is 71.1 Å². The fraction of sp³-hybridized carbons (Fsp3) is 0.600. The van der Waals surface area contributed by atoms with Crippen molar-refractivity contribution in [2.45, 2.75) is 39.5 Å². The molecule has 0 saturated heterocycles. The zero-order chi connectivity index (χ0) is 19.1. The van der Waals surface area contributed by atoms with Crippen LogP contribution in [0.4, 0.5) is 0 Å². The molecule has 0 bridgehead atoms. The monoisotopic (exact) mass is 364 g/mol. The largest absolute Gasteiger partial charge is 0.493 e. The van der Waals surface area contributed by atoms with E-state index >= 15 is 0 Å². The van der Waals surface area contributed by atoms with Gasteiger partial charge in [-0.05, 0) is 30.9 Å². The molecule has 0 aromatic heterocycles. The minimum Gasteiger partial charge on any atom is -0.493 e. The lowest BCUT2D eigenvalue weighted by Crippen LogP contribution is -2.36. The molecule has 0 aliphatic heterocycles. The van der Waals surface area contributed by atoms with Gasteiger partial charge in [-0.15, -0.1) is 0 Å². The van der Waals surface area contributed by atoms with Gasteiger partial charge in [0.1, 0.15) is 0 Å². The van der Waals surface area contributed by atoms with Crippen LogP contribution in [0.15, 0.2) is 18.2 Å². The first-order valence-corrected chi connectivity index (χ1v) is 9.07. The summed E-state index contributed by atoms with van der Waals surface area (Å²) in [5.41, 5.74) is 0. The molecule has 6 nitrogen and oxygen atoms in total. The molecule has 0 heterocycles. The van der Waals surface area contributed by atoms with Crippen molar-refractivity contribution >= 4 is 11.9 Å².